The first kappa shape index (κ1) is 16.0. The summed E-state index contributed by atoms with van der Waals surface area (Å²) in [5.41, 5.74) is 1.76. The van der Waals surface area contributed by atoms with E-state index in [2.05, 4.69) is 5.32 Å². The van der Waals surface area contributed by atoms with Gasteiger partial charge in [0.25, 0.3) is 5.91 Å². The second kappa shape index (κ2) is 6.60. The van der Waals surface area contributed by atoms with Crippen LogP contribution in [0.5, 0.6) is 0 Å². The molecule has 5 heteroatoms. The average Bonchev–Trinajstić information content (AvgIpc) is 2.75. The van der Waals surface area contributed by atoms with E-state index in [1.807, 2.05) is 32.0 Å². The van der Waals surface area contributed by atoms with Crippen molar-refractivity contribution in [1.29, 1.82) is 0 Å². The summed E-state index contributed by atoms with van der Waals surface area (Å²) in [6.07, 6.45) is 2.47. The third kappa shape index (κ3) is 4.84. The lowest BCUT2D eigenvalue weighted by Crippen LogP contribution is -2.30. The lowest BCUT2D eigenvalue weighted by atomic mass is 9.98. The SMILES string of the molecule is CC(C)NC(=O)c1cccc(CCC2CCS(=O)(=O)C2)c1. The summed E-state index contributed by atoms with van der Waals surface area (Å²) in [5, 5.41) is 2.88. The number of hydrogen-bond donors (Lipinski definition) is 1. The van der Waals surface area contributed by atoms with Gasteiger partial charge in [0.05, 0.1) is 11.5 Å². The van der Waals surface area contributed by atoms with Gasteiger partial charge in [-0.25, -0.2) is 8.42 Å². The van der Waals surface area contributed by atoms with E-state index in [1.165, 1.54) is 0 Å². The van der Waals surface area contributed by atoms with Crippen molar-refractivity contribution in [3.8, 4) is 0 Å². The van der Waals surface area contributed by atoms with Crippen LogP contribution in [0.2, 0.25) is 0 Å². The maximum atomic E-state index is 12.0. The van der Waals surface area contributed by atoms with Crippen molar-refractivity contribution in [3.63, 3.8) is 0 Å². The van der Waals surface area contributed by atoms with Gasteiger partial charge < -0.3 is 5.32 Å². The van der Waals surface area contributed by atoms with E-state index in [0.29, 0.717) is 17.1 Å². The van der Waals surface area contributed by atoms with Crippen LogP contribution in [0, 0.1) is 5.92 Å². The first-order valence-electron chi connectivity index (χ1n) is 7.46. The predicted molar refractivity (Wildman–Crippen MR) is 84.1 cm³/mol. The highest BCUT2D eigenvalue weighted by Crippen LogP contribution is 2.23. The standard InChI is InChI=1S/C16H23NO3S/c1-12(2)17-16(18)15-5-3-4-13(10-15)6-7-14-8-9-21(19,20)11-14/h3-5,10,12,14H,6-9,11H2,1-2H3,(H,17,18). The Kier molecular flexibility index (Phi) is 5.04. The third-order valence-electron chi connectivity index (χ3n) is 3.78. The third-order valence-corrected chi connectivity index (χ3v) is 5.61. The fourth-order valence-corrected chi connectivity index (χ4v) is 4.59. The molecule has 1 aliphatic heterocycles. The van der Waals surface area contributed by atoms with Gasteiger partial charge in [0.15, 0.2) is 9.84 Å². The average molecular weight is 309 g/mol. The van der Waals surface area contributed by atoms with Gasteiger partial charge in [-0.3, -0.25) is 4.79 Å². The van der Waals surface area contributed by atoms with Crippen LogP contribution in [0.4, 0.5) is 0 Å². The van der Waals surface area contributed by atoms with E-state index >= 15 is 0 Å². The van der Waals surface area contributed by atoms with Crippen LogP contribution < -0.4 is 5.32 Å². The molecule has 0 aromatic heterocycles. The molecule has 0 aliphatic carbocycles. The molecule has 21 heavy (non-hydrogen) atoms. The van der Waals surface area contributed by atoms with Crippen LogP contribution in [0.15, 0.2) is 24.3 Å². The van der Waals surface area contributed by atoms with Crippen LogP contribution in [0.25, 0.3) is 0 Å². The topological polar surface area (TPSA) is 63.2 Å². The second-order valence-electron chi connectivity index (χ2n) is 6.14. The first-order valence-corrected chi connectivity index (χ1v) is 9.28. The number of aryl methyl sites for hydroxylation is 1. The molecule has 1 aliphatic rings. The Balaban J connectivity index is 1.94. The minimum atomic E-state index is -2.80. The lowest BCUT2D eigenvalue weighted by molar-refractivity contribution is 0.0943. The number of rotatable bonds is 5. The number of benzene rings is 1. The summed E-state index contributed by atoms with van der Waals surface area (Å²) >= 11 is 0. The predicted octanol–water partition coefficient (Wildman–Crippen LogP) is 2.19. The summed E-state index contributed by atoms with van der Waals surface area (Å²) < 4.78 is 22.9. The Labute approximate surface area is 126 Å². The molecule has 1 fully saturated rings. The largest absolute Gasteiger partial charge is 0.350 e. The zero-order chi connectivity index (χ0) is 15.5. The second-order valence-corrected chi connectivity index (χ2v) is 8.36. The Morgan fingerprint density at radius 2 is 2.14 bits per heavy atom. The monoisotopic (exact) mass is 309 g/mol. The van der Waals surface area contributed by atoms with Crippen molar-refractivity contribution in [2.45, 2.75) is 39.2 Å². The van der Waals surface area contributed by atoms with Gasteiger partial charge in [0, 0.05) is 11.6 Å². The summed E-state index contributed by atoms with van der Waals surface area (Å²) in [6, 6.07) is 7.71. The zero-order valence-corrected chi connectivity index (χ0v) is 13.4. The molecule has 1 N–H and O–H groups in total. The molecule has 0 spiro atoms. The number of carbonyl (C=O) groups is 1. The molecule has 1 unspecified atom stereocenters. The van der Waals surface area contributed by atoms with E-state index in [1.54, 1.807) is 6.07 Å². The molecule has 116 valence electrons. The molecule has 1 aromatic rings. The maximum absolute atomic E-state index is 12.0. The first-order chi connectivity index (χ1) is 9.85. The summed E-state index contributed by atoms with van der Waals surface area (Å²) in [6.45, 7) is 3.87. The van der Waals surface area contributed by atoms with Crippen LogP contribution in [-0.4, -0.2) is 31.9 Å². The lowest BCUT2D eigenvalue weighted by Gasteiger charge is -2.10. The number of nitrogens with one attached hydrogen (secondary N) is 1. The Morgan fingerprint density at radius 1 is 1.38 bits per heavy atom. The highest BCUT2D eigenvalue weighted by molar-refractivity contribution is 7.91. The molecule has 0 bridgehead atoms. The van der Waals surface area contributed by atoms with E-state index in [-0.39, 0.29) is 17.9 Å². The minimum absolute atomic E-state index is 0.0599. The fraction of sp³-hybridized carbons (Fsp3) is 0.562. The molecule has 0 saturated carbocycles. The van der Waals surface area contributed by atoms with Crippen molar-refractivity contribution in [2.75, 3.05) is 11.5 Å². The quantitative estimate of drug-likeness (QED) is 0.907. The number of sulfone groups is 1. The molecular formula is C16H23NO3S. The van der Waals surface area contributed by atoms with Crippen LogP contribution >= 0.6 is 0 Å². The zero-order valence-electron chi connectivity index (χ0n) is 12.6. The molecule has 0 radical (unpaired) electrons. The number of hydrogen-bond acceptors (Lipinski definition) is 3. The highest BCUT2D eigenvalue weighted by atomic mass is 32.2. The molecule has 4 nitrogen and oxygen atoms in total. The van der Waals surface area contributed by atoms with E-state index in [4.69, 9.17) is 0 Å². The number of carbonyl (C=O) groups excluding carboxylic acids is 1. The molecule has 1 saturated heterocycles. The summed E-state index contributed by atoms with van der Waals surface area (Å²) in [7, 11) is -2.80. The Hall–Kier alpha value is -1.36. The Bertz CT molecular complexity index is 608. The molecular weight excluding hydrogens is 286 g/mol. The van der Waals surface area contributed by atoms with Gasteiger partial charge in [-0.1, -0.05) is 12.1 Å². The van der Waals surface area contributed by atoms with Gasteiger partial charge in [-0.15, -0.1) is 0 Å². The van der Waals surface area contributed by atoms with E-state index in [9.17, 15) is 13.2 Å². The summed E-state index contributed by atoms with van der Waals surface area (Å²) in [4.78, 5) is 12.0. The maximum Gasteiger partial charge on any atom is 0.251 e. The molecule has 1 amide bonds. The minimum Gasteiger partial charge on any atom is -0.350 e. The smallest absolute Gasteiger partial charge is 0.251 e. The molecule has 1 heterocycles. The van der Waals surface area contributed by atoms with Crippen LogP contribution in [-0.2, 0) is 16.3 Å². The number of amides is 1. The van der Waals surface area contributed by atoms with Crippen molar-refractivity contribution in [2.24, 2.45) is 5.92 Å². The fourth-order valence-electron chi connectivity index (χ4n) is 2.68. The molecule has 1 atom stereocenters. The van der Waals surface area contributed by atoms with Crippen molar-refractivity contribution < 1.29 is 13.2 Å². The van der Waals surface area contributed by atoms with Crippen LogP contribution in [0.1, 0.15) is 42.6 Å². The Morgan fingerprint density at radius 3 is 2.76 bits per heavy atom. The molecule has 1 aromatic carbocycles. The summed E-state index contributed by atoms with van der Waals surface area (Å²) in [5.74, 6) is 0.855. The van der Waals surface area contributed by atoms with Gasteiger partial charge in [0.2, 0.25) is 0 Å². The van der Waals surface area contributed by atoms with E-state index < -0.39 is 9.84 Å². The van der Waals surface area contributed by atoms with Gasteiger partial charge in [-0.05, 0) is 56.7 Å². The van der Waals surface area contributed by atoms with Crippen LogP contribution in [0.3, 0.4) is 0 Å². The highest BCUT2D eigenvalue weighted by Gasteiger charge is 2.27. The van der Waals surface area contributed by atoms with Gasteiger partial charge in [-0.2, -0.15) is 0 Å². The van der Waals surface area contributed by atoms with Crippen molar-refractivity contribution in [1.82, 2.24) is 5.32 Å². The normalized spacial score (nSPS) is 20.6. The van der Waals surface area contributed by atoms with Gasteiger partial charge >= 0.3 is 0 Å². The molecule has 2 rings (SSSR count). The van der Waals surface area contributed by atoms with Gasteiger partial charge in [0.1, 0.15) is 0 Å². The van der Waals surface area contributed by atoms with E-state index in [0.717, 1.165) is 24.8 Å². The van der Waals surface area contributed by atoms with Crippen molar-refractivity contribution in [3.05, 3.63) is 35.4 Å². The van der Waals surface area contributed by atoms with Crippen molar-refractivity contribution >= 4 is 15.7 Å².